The number of benzene rings is 1. The Bertz CT molecular complexity index is 608. The van der Waals surface area contributed by atoms with E-state index in [4.69, 9.17) is 14.2 Å². The smallest absolute Gasteiger partial charge is 0.183 e. The monoisotopic (exact) mass is 308 g/mol. The van der Waals surface area contributed by atoms with Crippen LogP contribution < -0.4 is 10.1 Å². The molecule has 1 aromatic heterocycles. The van der Waals surface area contributed by atoms with Gasteiger partial charge in [-0.05, 0) is 25.1 Å². The SMILES string of the molecule is CCOc1ccc2nc(NCC3(OC)CCOC3)sc2c1. The first-order valence-electron chi connectivity index (χ1n) is 7.15. The van der Waals surface area contributed by atoms with E-state index in [-0.39, 0.29) is 5.60 Å². The van der Waals surface area contributed by atoms with E-state index in [2.05, 4.69) is 10.3 Å². The van der Waals surface area contributed by atoms with Gasteiger partial charge in [0.1, 0.15) is 11.4 Å². The molecule has 114 valence electrons. The lowest BCUT2D eigenvalue weighted by molar-refractivity contribution is -0.00619. The molecule has 2 aromatic rings. The second-order valence-electron chi connectivity index (χ2n) is 5.12. The molecule has 1 unspecified atom stereocenters. The van der Waals surface area contributed by atoms with Crippen LogP contribution in [0.25, 0.3) is 10.2 Å². The summed E-state index contributed by atoms with van der Waals surface area (Å²) < 4.78 is 17.7. The molecule has 0 amide bonds. The van der Waals surface area contributed by atoms with Gasteiger partial charge in [-0.1, -0.05) is 11.3 Å². The second kappa shape index (κ2) is 6.17. The van der Waals surface area contributed by atoms with Gasteiger partial charge in [0.2, 0.25) is 0 Å². The summed E-state index contributed by atoms with van der Waals surface area (Å²) in [5.74, 6) is 0.887. The zero-order valence-corrected chi connectivity index (χ0v) is 13.2. The van der Waals surface area contributed by atoms with Crippen LogP contribution >= 0.6 is 11.3 Å². The van der Waals surface area contributed by atoms with Crippen LogP contribution in [0.1, 0.15) is 13.3 Å². The zero-order chi connectivity index (χ0) is 14.7. The highest BCUT2D eigenvalue weighted by Gasteiger charge is 2.34. The first-order valence-corrected chi connectivity index (χ1v) is 7.96. The summed E-state index contributed by atoms with van der Waals surface area (Å²) in [6, 6.07) is 5.98. The molecule has 1 aliphatic rings. The molecule has 0 aliphatic carbocycles. The van der Waals surface area contributed by atoms with Gasteiger partial charge in [-0.3, -0.25) is 0 Å². The predicted octanol–water partition coefficient (Wildman–Crippen LogP) is 2.91. The lowest BCUT2D eigenvalue weighted by Crippen LogP contribution is -2.39. The maximum Gasteiger partial charge on any atom is 0.183 e. The van der Waals surface area contributed by atoms with Crippen LogP contribution in [0.15, 0.2) is 18.2 Å². The number of rotatable bonds is 6. The lowest BCUT2D eigenvalue weighted by atomic mass is 10.0. The van der Waals surface area contributed by atoms with E-state index in [1.54, 1.807) is 18.4 Å². The van der Waals surface area contributed by atoms with E-state index >= 15 is 0 Å². The minimum absolute atomic E-state index is 0.228. The topological polar surface area (TPSA) is 52.6 Å². The van der Waals surface area contributed by atoms with Crippen LogP contribution in [0.3, 0.4) is 0 Å². The largest absolute Gasteiger partial charge is 0.494 e. The molecule has 1 atom stereocenters. The van der Waals surface area contributed by atoms with Gasteiger partial charge in [0.05, 0.1) is 23.4 Å². The molecule has 0 spiro atoms. The fourth-order valence-electron chi connectivity index (χ4n) is 2.43. The number of hydrogen-bond acceptors (Lipinski definition) is 6. The van der Waals surface area contributed by atoms with Gasteiger partial charge >= 0.3 is 0 Å². The first-order chi connectivity index (χ1) is 10.2. The third-order valence-corrected chi connectivity index (χ3v) is 4.71. The van der Waals surface area contributed by atoms with E-state index in [1.165, 1.54) is 0 Å². The summed E-state index contributed by atoms with van der Waals surface area (Å²) in [7, 11) is 1.74. The molecule has 3 rings (SSSR count). The van der Waals surface area contributed by atoms with Gasteiger partial charge in [-0.15, -0.1) is 0 Å². The van der Waals surface area contributed by atoms with Crippen molar-refractivity contribution in [3.63, 3.8) is 0 Å². The number of methoxy groups -OCH3 is 1. The molecule has 6 heteroatoms. The van der Waals surface area contributed by atoms with Crippen LogP contribution in [-0.4, -0.2) is 44.1 Å². The molecule has 1 aliphatic heterocycles. The van der Waals surface area contributed by atoms with Crippen LogP contribution in [0.5, 0.6) is 5.75 Å². The molecule has 2 heterocycles. The molecule has 21 heavy (non-hydrogen) atoms. The molecule has 5 nitrogen and oxygen atoms in total. The summed E-state index contributed by atoms with van der Waals surface area (Å²) in [5.41, 5.74) is 0.758. The van der Waals surface area contributed by atoms with Crippen molar-refractivity contribution in [1.29, 1.82) is 0 Å². The molecule has 1 N–H and O–H groups in total. The predicted molar refractivity (Wildman–Crippen MR) is 84.5 cm³/mol. The Morgan fingerprint density at radius 3 is 3.10 bits per heavy atom. The van der Waals surface area contributed by atoms with Crippen LogP contribution in [0, 0.1) is 0 Å². The average Bonchev–Trinajstić information content (AvgIpc) is 3.12. The van der Waals surface area contributed by atoms with E-state index in [0.29, 0.717) is 19.8 Å². The highest BCUT2D eigenvalue weighted by Crippen LogP contribution is 2.30. The molecule has 0 radical (unpaired) electrons. The third-order valence-electron chi connectivity index (χ3n) is 3.73. The molecule has 1 saturated heterocycles. The highest BCUT2D eigenvalue weighted by atomic mass is 32.1. The minimum atomic E-state index is -0.228. The Labute approximate surface area is 128 Å². The van der Waals surface area contributed by atoms with Crippen molar-refractivity contribution in [2.45, 2.75) is 18.9 Å². The Kier molecular flexibility index (Phi) is 4.28. The number of anilines is 1. The Hall–Kier alpha value is -1.37. The van der Waals surface area contributed by atoms with Crippen LogP contribution in [-0.2, 0) is 9.47 Å². The summed E-state index contributed by atoms with van der Waals surface area (Å²) in [4.78, 5) is 4.60. The van der Waals surface area contributed by atoms with Gasteiger partial charge in [0, 0.05) is 26.7 Å². The Balaban J connectivity index is 1.72. The molecule has 1 aromatic carbocycles. The number of nitrogens with one attached hydrogen (secondary N) is 1. The van der Waals surface area contributed by atoms with Crippen molar-refractivity contribution in [3.8, 4) is 5.75 Å². The highest BCUT2D eigenvalue weighted by molar-refractivity contribution is 7.22. The molecule has 0 bridgehead atoms. The molecular weight excluding hydrogens is 288 g/mol. The molecule has 1 fully saturated rings. The van der Waals surface area contributed by atoms with Gasteiger partial charge < -0.3 is 19.5 Å². The number of hydrogen-bond donors (Lipinski definition) is 1. The quantitative estimate of drug-likeness (QED) is 0.889. The maximum absolute atomic E-state index is 5.61. The summed E-state index contributed by atoms with van der Waals surface area (Å²) in [6.45, 7) is 4.76. The lowest BCUT2D eigenvalue weighted by Gasteiger charge is -2.25. The summed E-state index contributed by atoms with van der Waals surface area (Å²) in [5, 5.41) is 4.29. The minimum Gasteiger partial charge on any atom is -0.494 e. The fraction of sp³-hybridized carbons (Fsp3) is 0.533. The third kappa shape index (κ3) is 3.12. The van der Waals surface area contributed by atoms with Crippen molar-refractivity contribution in [2.75, 3.05) is 38.8 Å². The van der Waals surface area contributed by atoms with E-state index < -0.39 is 0 Å². The number of nitrogens with zero attached hydrogens (tertiary/aromatic N) is 1. The van der Waals surface area contributed by atoms with Gasteiger partial charge in [-0.25, -0.2) is 4.98 Å². The zero-order valence-electron chi connectivity index (χ0n) is 12.3. The normalized spacial score (nSPS) is 21.8. The number of ether oxygens (including phenoxy) is 3. The second-order valence-corrected chi connectivity index (χ2v) is 6.16. The Morgan fingerprint density at radius 1 is 1.48 bits per heavy atom. The summed E-state index contributed by atoms with van der Waals surface area (Å²) in [6.07, 6.45) is 0.913. The average molecular weight is 308 g/mol. The molecular formula is C15H20N2O3S. The van der Waals surface area contributed by atoms with Crippen molar-refractivity contribution in [1.82, 2.24) is 4.98 Å². The summed E-state index contributed by atoms with van der Waals surface area (Å²) >= 11 is 1.63. The number of aromatic nitrogens is 1. The van der Waals surface area contributed by atoms with Gasteiger partial charge in [-0.2, -0.15) is 0 Å². The fourth-order valence-corrected chi connectivity index (χ4v) is 3.32. The van der Waals surface area contributed by atoms with Gasteiger partial charge in [0.25, 0.3) is 0 Å². The Morgan fingerprint density at radius 2 is 2.38 bits per heavy atom. The van der Waals surface area contributed by atoms with E-state index in [0.717, 1.165) is 34.1 Å². The van der Waals surface area contributed by atoms with Gasteiger partial charge in [0.15, 0.2) is 5.13 Å². The maximum atomic E-state index is 5.61. The van der Waals surface area contributed by atoms with E-state index in [1.807, 2.05) is 25.1 Å². The van der Waals surface area contributed by atoms with Crippen LogP contribution in [0.2, 0.25) is 0 Å². The van der Waals surface area contributed by atoms with Crippen LogP contribution in [0.4, 0.5) is 5.13 Å². The van der Waals surface area contributed by atoms with Crippen molar-refractivity contribution >= 4 is 26.7 Å². The van der Waals surface area contributed by atoms with E-state index in [9.17, 15) is 0 Å². The number of fused-ring (bicyclic) bond motifs is 1. The molecule has 0 saturated carbocycles. The van der Waals surface area contributed by atoms with Crippen molar-refractivity contribution < 1.29 is 14.2 Å². The van der Waals surface area contributed by atoms with Crippen molar-refractivity contribution in [2.24, 2.45) is 0 Å². The first kappa shape index (κ1) is 14.6. The standard InChI is InChI=1S/C15H20N2O3S/c1-3-20-11-4-5-12-13(8-11)21-14(17-12)16-9-15(18-2)6-7-19-10-15/h4-5,8H,3,6-7,9-10H2,1-2H3,(H,16,17). The van der Waals surface area contributed by atoms with Crippen molar-refractivity contribution in [3.05, 3.63) is 18.2 Å². The number of thiazole rings is 1.